The van der Waals surface area contributed by atoms with Crippen molar-refractivity contribution in [3.05, 3.63) is 0 Å². The summed E-state index contributed by atoms with van der Waals surface area (Å²) < 4.78 is 0. The highest BCUT2D eigenvalue weighted by Crippen LogP contribution is 2.16. The first-order valence-corrected chi connectivity index (χ1v) is 8.13. The Morgan fingerprint density at radius 1 is 1.33 bits per heavy atom. The van der Waals surface area contributed by atoms with Gasteiger partial charge in [0.15, 0.2) is 0 Å². The summed E-state index contributed by atoms with van der Waals surface area (Å²) >= 11 is 1.51. The molecule has 120 valence electrons. The highest BCUT2D eigenvalue weighted by atomic mass is 32.2. The van der Waals surface area contributed by atoms with Gasteiger partial charge in [-0.1, -0.05) is 13.8 Å². The van der Waals surface area contributed by atoms with Gasteiger partial charge >= 0.3 is 12.0 Å². The maximum Gasteiger partial charge on any atom is 0.327 e. The lowest BCUT2D eigenvalue weighted by Gasteiger charge is -2.33. The lowest BCUT2D eigenvalue weighted by Crippen LogP contribution is -2.57. The van der Waals surface area contributed by atoms with Crippen molar-refractivity contribution in [3.63, 3.8) is 0 Å². The van der Waals surface area contributed by atoms with Gasteiger partial charge in [0.25, 0.3) is 0 Å². The van der Waals surface area contributed by atoms with Crippen molar-refractivity contribution in [1.29, 1.82) is 0 Å². The Morgan fingerprint density at radius 2 is 2.00 bits per heavy atom. The molecule has 0 aromatic carbocycles. The van der Waals surface area contributed by atoms with Crippen LogP contribution in [-0.4, -0.2) is 64.6 Å². The number of carboxylic acids is 1. The number of nitrogens with zero attached hydrogens (tertiary/aromatic N) is 1. The van der Waals surface area contributed by atoms with Crippen LogP contribution in [0.1, 0.15) is 20.8 Å². The van der Waals surface area contributed by atoms with E-state index in [2.05, 4.69) is 10.6 Å². The van der Waals surface area contributed by atoms with Crippen LogP contribution in [0.2, 0.25) is 0 Å². The van der Waals surface area contributed by atoms with Crippen molar-refractivity contribution in [2.24, 2.45) is 5.92 Å². The molecule has 1 heterocycles. The fraction of sp³-hybridized carbons (Fsp3) is 0.769. The summed E-state index contributed by atoms with van der Waals surface area (Å²) in [6.45, 7) is 6.45. The number of thioether (sulfide) groups is 1. The van der Waals surface area contributed by atoms with Crippen molar-refractivity contribution < 1.29 is 19.5 Å². The molecule has 2 atom stereocenters. The summed E-state index contributed by atoms with van der Waals surface area (Å²) in [5, 5.41) is 14.4. The Kier molecular flexibility index (Phi) is 6.80. The average Bonchev–Trinajstić information content (AvgIpc) is 2.44. The van der Waals surface area contributed by atoms with Gasteiger partial charge in [0.05, 0.1) is 0 Å². The van der Waals surface area contributed by atoms with Crippen LogP contribution in [0.4, 0.5) is 4.79 Å². The number of amides is 3. The molecule has 1 saturated heterocycles. The second-order valence-electron chi connectivity index (χ2n) is 5.43. The molecule has 0 spiro atoms. The van der Waals surface area contributed by atoms with Crippen molar-refractivity contribution >= 4 is 29.7 Å². The van der Waals surface area contributed by atoms with Gasteiger partial charge in [-0.05, 0) is 12.8 Å². The third kappa shape index (κ3) is 5.45. The Balaban J connectivity index is 2.54. The number of hydrogen-bond donors (Lipinski definition) is 3. The number of aliphatic carboxylic acids is 1. The van der Waals surface area contributed by atoms with Gasteiger partial charge in [0.2, 0.25) is 5.91 Å². The topological polar surface area (TPSA) is 98.7 Å². The van der Waals surface area contributed by atoms with Crippen molar-refractivity contribution in [1.82, 2.24) is 15.5 Å². The molecule has 1 aliphatic heterocycles. The zero-order chi connectivity index (χ0) is 16.0. The van der Waals surface area contributed by atoms with Gasteiger partial charge in [0.1, 0.15) is 12.1 Å². The minimum Gasteiger partial charge on any atom is -0.480 e. The van der Waals surface area contributed by atoms with Crippen molar-refractivity contribution in [2.45, 2.75) is 32.9 Å². The zero-order valence-electron chi connectivity index (χ0n) is 12.6. The number of carboxylic acid groups (broad SMARTS) is 1. The smallest absolute Gasteiger partial charge is 0.327 e. The first-order valence-electron chi connectivity index (χ1n) is 6.98. The fourth-order valence-electron chi connectivity index (χ4n) is 1.84. The van der Waals surface area contributed by atoms with Crippen molar-refractivity contribution in [3.8, 4) is 0 Å². The Morgan fingerprint density at radius 3 is 2.57 bits per heavy atom. The molecular weight excluding hydrogens is 294 g/mol. The van der Waals surface area contributed by atoms with Crippen LogP contribution in [0.25, 0.3) is 0 Å². The Hall–Kier alpha value is -1.44. The van der Waals surface area contributed by atoms with Gasteiger partial charge in [-0.2, -0.15) is 11.8 Å². The molecule has 0 aliphatic carbocycles. The molecule has 3 N–H and O–H groups in total. The summed E-state index contributed by atoms with van der Waals surface area (Å²) in [5.74, 6) is 0.110. The minimum atomic E-state index is -1.02. The van der Waals surface area contributed by atoms with Crippen LogP contribution >= 0.6 is 11.8 Å². The number of urea groups is 1. The third-order valence-corrected chi connectivity index (χ3v) is 4.11. The van der Waals surface area contributed by atoms with Gasteiger partial charge in [-0.25, -0.2) is 9.59 Å². The van der Waals surface area contributed by atoms with Crippen LogP contribution in [0.5, 0.6) is 0 Å². The molecule has 0 saturated carbocycles. The van der Waals surface area contributed by atoms with E-state index < -0.39 is 24.1 Å². The van der Waals surface area contributed by atoms with E-state index in [0.717, 1.165) is 0 Å². The molecule has 1 rings (SSSR count). The van der Waals surface area contributed by atoms with Crippen LogP contribution in [0.15, 0.2) is 0 Å². The molecule has 1 fully saturated rings. The molecule has 8 heteroatoms. The molecule has 0 aromatic heterocycles. The lowest BCUT2D eigenvalue weighted by atomic mass is 10.2. The van der Waals surface area contributed by atoms with Gasteiger partial charge in [-0.15, -0.1) is 0 Å². The fourth-order valence-corrected chi connectivity index (χ4v) is 2.88. The first kappa shape index (κ1) is 17.6. The molecule has 7 nitrogen and oxygen atoms in total. The zero-order valence-corrected chi connectivity index (χ0v) is 13.4. The number of nitrogens with one attached hydrogen (secondary N) is 2. The first-order chi connectivity index (χ1) is 9.82. The molecule has 2 unspecified atom stereocenters. The van der Waals surface area contributed by atoms with E-state index >= 15 is 0 Å². The number of carbonyl (C=O) groups is 3. The maximum absolute atomic E-state index is 12.1. The normalized spacial score (nSPS) is 20.0. The largest absolute Gasteiger partial charge is 0.480 e. The van der Waals surface area contributed by atoms with Gasteiger partial charge in [0, 0.05) is 24.6 Å². The van der Waals surface area contributed by atoms with Gasteiger partial charge < -0.3 is 20.6 Å². The SMILES string of the molecule is CC(C)CNC(=O)C(C)NC(=O)N1CCSCC1C(=O)O. The number of hydrogen-bond acceptors (Lipinski definition) is 4. The second-order valence-corrected chi connectivity index (χ2v) is 6.58. The minimum absolute atomic E-state index is 0.268. The molecular formula is C13H23N3O4S. The van der Waals surface area contributed by atoms with E-state index in [-0.39, 0.29) is 5.91 Å². The van der Waals surface area contributed by atoms with Crippen LogP contribution in [-0.2, 0) is 9.59 Å². The number of rotatable bonds is 5. The van der Waals surface area contributed by atoms with E-state index in [9.17, 15) is 14.4 Å². The maximum atomic E-state index is 12.1. The summed E-state index contributed by atoms with van der Waals surface area (Å²) in [4.78, 5) is 36.4. The molecule has 0 radical (unpaired) electrons. The second kappa shape index (κ2) is 8.11. The Bertz CT molecular complexity index is 403. The van der Waals surface area contributed by atoms with Crippen LogP contribution in [0.3, 0.4) is 0 Å². The summed E-state index contributed by atoms with van der Waals surface area (Å²) in [6, 6.07) is -2.04. The Labute approximate surface area is 128 Å². The van der Waals surface area contributed by atoms with Crippen LogP contribution < -0.4 is 10.6 Å². The standard InChI is InChI=1S/C13H23N3O4S/c1-8(2)6-14-11(17)9(3)15-13(20)16-4-5-21-7-10(16)12(18)19/h8-10H,4-7H2,1-3H3,(H,14,17)(H,15,20)(H,18,19). The quantitative estimate of drug-likeness (QED) is 0.680. The molecule has 21 heavy (non-hydrogen) atoms. The van der Waals surface area contributed by atoms with E-state index in [1.54, 1.807) is 6.92 Å². The average molecular weight is 317 g/mol. The predicted molar refractivity (Wildman–Crippen MR) is 81.3 cm³/mol. The third-order valence-electron chi connectivity index (χ3n) is 3.09. The predicted octanol–water partition coefficient (Wildman–Crippen LogP) is 0.359. The van der Waals surface area contributed by atoms with Crippen molar-refractivity contribution in [2.75, 3.05) is 24.6 Å². The summed E-state index contributed by atoms with van der Waals surface area (Å²) in [7, 11) is 0. The number of carbonyl (C=O) groups excluding carboxylic acids is 2. The monoisotopic (exact) mass is 317 g/mol. The molecule has 1 aliphatic rings. The van der Waals surface area contributed by atoms with E-state index in [4.69, 9.17) is 5.11 Å². The van der Waals surface area contributed by atoms with Crippen LogP contribution in [0, 0.1) is 5.92 Å². The highest BCUT2D eigenvalue weighted by Gasteiger charge is 2.33. The lowest BCUT2D eigenvalue weighted by molar-refractivity contribution is -0.141. The summed E-state index contributed by atoms with van der Waals surface area (Å²) in [6.07, 6.45) is 0. The highest BCUT2D eigenvalue weighted by molar-refractivity contribution is 7.99. The van der Waals surface area contributed by atoms with E-state index in [1.807, 2.05) is 13.8 Å². The molecule has 0 aromatic rings. The molecule has 3 amide bonds. The molecule has 0 bridgehead atoms. The van der Waals surface area contributed by atoms with E-state index in [1.165, 1.54) is 16.7 Å². The van der Waals surface area contributed by atoms with E-state index in [0.29, 0.717) is 30.5 Å². The summed E-state index contributed by atoms with van der Waals surface area (Å²) in [5.41, 5.74) is 0. The van der Waals surface area contributed by atoms with Gasteiger partial charge in [-0.3, -0.25) is 4.79 Å².